The molecule has 8 fully saturated rings. The minimum absolute atomic E-state index is 0.0131. The van der Waals surface area contributed by atoms with Gasteiger partial charge in [0, 0.05) is 127 Å². The van der Waals surface area contributed by atoms with E-state index in [0.29, 0.717) is 25.7 Å². The smallest absolute Gasteiger partial charge is 0.311 e. The van der Waals surface area contributed by atoms with Gasteiger partial charge in [-0.05, 0) is 149 Å². The van der Waals surface area contributed by atoms with Gasteiger partial charge >= 0.3 is 23.9 Å². The van der Waals surface area contributed by atoms with Crippen molar-refractivity contribution in [1.29, 1.82) is 0 Å². The van der Waals surface area contributed by atoms with Crippen molar-refractivity contribution < 1.29 is 130 Å². The first-order chi connectivity index (χ1) is 52.5. The number of methoxy groups -OCH3 is 4. The number of hydrogen-bond donors (Lipinski definition) is 4. The van der Waals surface area contributed by atoms with Crippen LogP contribution in [0.5, 0.6) is 0 Å². The second-order valence-electron chi connectivity index (χ2n) is 36.0. The van der Waals surface area contributed by atoms with E-state index in [0.717, 1.165) is 7.11 Å². The number of ether oxygens (including phenoxy) is 16. The van der Waals surface area contributed by atoms with E-state index in [-0.39, 0.29) is 92.5 Å². The highest BCUT2D eigenvalue weighted by Gasteiger charge is 2.61. The normalized spacial score (nSPS) is 46.8. The molecule has 113 heavy (non-hydrogen) atoms. The molecule has 0 aromatic rings. The Balaban J connectivity index is 0.000000345. The van der Waals surface area contributed by atoms with Crippen LogP contribution in [-0.4, -0.2) is 286 Å². The molecule has 8 rings (SSSR count). The zero-order chi connectivity index (χ0) is 85.6. The number of aliphatic hydroxyl groups is 4. The van der Waals surface area contributed by atoms with Crippen LogP contribution in [0.15, 0.2) is 0 Å². The molecule has 0 aromatic carbocycles. The molecule has 0 radical (unpaired) electrons. The SMILES string of the molecule is CC[C@H]1OC(=O)[C@H](C)C(OC2C[C@](C)(OC)[C@@H](O)[C@H](C)O2)[C@H](C)[C@@H](O[C@@H]2O[C@H](C)C[C@H](N(C)C)[C@H]2O)[C@](C)(OC)C[C@@H](C)C(=O)[C@H](C)[C@H]2CC(=O)O[C@@]21C.CC[C@H]1OC(=O)[C@H](C)C(OC2C[C@](C)(OC)[C@@H](OC(C)=O)[C@H](C)O2)[C@H](C)[C@@H](O[C@@H]2O[C@H](C)C[C@H](N(C)C)[C@H]2O)[C@](C)(OC)C[C@@H](C)C(=O)[C@H](C)[C@H]2CC(=O)C[C@@]21C.CO. The fourth-order valence-electron chi connectivity index (χ4n) is 20.2. The minimum atomic E-state index is -1.25. The quantitative estimate of drug-likeness (QED) is 0.0788. The third-order valence-electron chi connectivity index (χ3n) is 27.3. The van der Waals surface area contributed by atoms with Crippen molar-refractivity contribution >= 4 is 41.2 Å². The summed E-state index contributed by atoms with van der Waals surface area (Å²) in [6, 6.07) is -0.539. The van der Waals surface area contributed by atoms with Crippen molar-refractivity contribution in [2.75, 3.05) is 63.7 Å². The van der Waals surface area contributed by atoms with Gasteiger partial charge in [0.15, 0.2) is 31.3 Å². The number of rotatable bonds is 17. The lowest BCUT2D eigenvalue weighted by molar-refractivity contribution is -0.320. The summed E-state index contributed by atoms with van der Waals surface area (Å²) in [4.78, 5) is 100. The molecule has 0 bridgehead atoms. The summed E-state index contributed by atoms with van der Waals surface area (Å²) < 4.78 is 101. The summed E-state index contributed by atoms with van der Waals surface area (Å²) >= 11 is 0. The Bertz CT molecular complexity index is 3150. The van der Waals surface area contributed by atoms with Crippen LogP contribution in [0.25, 0.3) is 0 Å². The van der Waals surface area contributed by atoms with Gasteiger partial charge in [0.2, 0.25) is 0 Å². The van der Waals surface area contributed by atoms with Crippen molar-refractivity contribution in [2.45, 2.75) is 367 Å². The number of aliphatic hydroxyl groups excluding tert-OH is 4. The number of cyclic esters (lactones) is 2. The number of likely N-dealkylation sites (N-methyl/N-ethyl adjacent to an activating group) is 2. The number of fused-ring (bicyclic) bond motifs is 2. The third kappa shape index (κ3) is 21.5. The number of esters is 4. The monoisotopic (exact) mass is 1620 g/mol. The van der Waals surface area contributed by atoms with Crippen molar-refractivity contribution in [3.63, 3.8) is 0 Å². The Hall–Kier alpha value is -3.83. The molecule has 7 aliphatic heterocycles. The molecule has 7 saturated heterocycles. The molecule has 0 spiro atoms. The molecule has 8 aliphatic rings. The van der Waals surface area contributed by atoms with Gasteiger partial charge in [-0.25, -0.2) is 0 Å². The first kappa shape index (κ1) is 98.0. The van der Waals surface area contributed by atoms with Crippen LogP contribution >= 0.6 is 0 Å². The fourth-order valence-corrected chi connectivity index (χ4v) is 20.2. The third-order valence-corrected chi connectivity index (χ3v) is 27.3. The molecule has 1 aliphatic carbocycles. The maximum Gasteiger partial charge on any atom is 0.311 e. The summed E-state index contributed by atoms with van der Waals surface area (Å²) in [5.41, 5.74) is -6.42. The number of carbonyl (C=O) groups excluding carboxylic acids is 7. The van der Waals surface area contributed by atoms with Gasteiger partial charge in [-0.15, -0.1) is 0 Å². The predicted molar refractivity (Wildman–Crippen MR) is 415 cm³/mol. The lowest BCUT2D eigenvalue weighted by Gasteiger charge is -2.50. The van der Waals surface area contributed by atoms with E-state index in [9.17, 15) is 48.9 Å². The Labute approximate surface area is 673 Å². The second-order valence-corrected chi connectivity index (χ2v) is 36.0. The van der Waals surface area contributed by atoms with Gasteiger partial charge in [-0.3, -0.25) is 33.6 Å². The summed E-state index contributed by atoms with van der Waals surface area (Å²) in [6.07, 6.45) is -11.7. The summed E-state index contributed by atoms with van der Waals surface area (Å²) in [5.74, 6) is -8.43. The number of carbonyl (C=O) groups is 7. The average Bonchev–Trinajstić information content (AvgIpc) is 1.70. The zero-order valence-corrected chi connectivity index (χ0v) is 73.7. The highest BCUT2D eigenvalue weighted by atomic mass is 16.7. The fraction of sp³-hybridized carbons (Fsp3) is 0.917. The molecule has 7 heterocycles. The summed E-state index contributed by atoms with van der Waals surface area (Å²) in [5, 5.41) is 41.3. The molecule has 29 nitrogen and oxygen atoms in total. The maximum absolute atomic E-state index is 14.6. The van der Waals surface area contributed by atoms with Gasteiger partial charge < -0.3 is 106 Å². The Kier molecular flexibility index (Phi) is 34.7. The molecule has 36 atom stereocenters. The van der Waals surface area contributed by atoms with E-state index in [1.54, 1.807) is 55.8 Å². The van der Waals surface area contributed by atoms with Crippen molar-refractivity contribution in [2.24, 2.45) is 64.6 Å². The van der Waals surface area contributed by atoms with Crippen molar-refractivity contribution in [1.82, 2.24) is 9.80 Å². The maximum atomic E-state index is 14.6. The topological polar surface area (TPSA) is 355 Å². The number of nitrogens with zero attached hydrogens (tertiary/aromatic N) is 2. The van der Waals surface area contributed by atoms with Gasteiger partial charge in [0.25, 0.3) is 0 Å². The molecule has 0 amide bonds. The van der Waals surface area contributed by atoms with Crippen LogP contribution in [0.4, 0.5) is 0 Å². The van der Waals surface area contributed by atoms with E-state index in [1.165, 1.54) is 21.1 Å². The molecular formula is C84H146N2O27. The average molecular weight is 1620 g/mol. The van der Waals surface area contributed by atoms with E-state index in [4.69, 9.17) is 80.9 Å². The van der Waals surface area contributed by atoms with E-state index < -0.39 is 209 Å². The molecule has 4 N–H and O–H groups in total. The van der Waals surface area contributed by atoms with Crippen LogP contribution in [0.3, 0.4) is 0 Å². The van der Waals surface area contributed by atoms with Crippen LogP contribution in [-0.2, 0) is 109 Å². The summed E-state index contributed by atoms with van der Waals surface area (Å²) in [7, 11) is 14.8. The molecule has 1 saturated carbocycles. The molecular weight excluding hydrogens is 1470 g/mol. The molecule has 0 aromatic heterocycles. The van der Waals surface area contributed by atoms with Gasteiger partial charge in [-0.1, -0.05) is 62.3 Å². The van der Waals surface area contributed by atoms with E-state index in [1.807, 2.05) is 135 Å². The lowest BCUT2D eigenvalue weighted by Crippen LogP contribution is -2.61. The standard InChI is InChI=1S/C43H73NO13.C40H69NO13.CH4O/c1-16-32-41(9)20-29(46)18-30(41)24(4)34(47)22(2)19-42(10,50-14)37(57-40-35(48)31(44(12)13)17-23(3)52-40)25(5)36(26(6)39(49)55-32)56-33-21-43(11,51-15)38(27(7)53-33)54-28(8)45;1-15-28-40(10)26(17-29(42)54-40)22(4)31(43)20(2)18-39(9,48-14)35(53-37-32(44)27(41(11)12)16-21(3)49-37)23(5)33(24(6)36(46)51-28)52-30-19-38(8,47-13)34(45)25(7)50-30;1-2/h22-27,30-33,35-38,40,48H,16-21H2,1-15H3;20-28,30,32-35,37,44-45H,15-19H2,1-14H3;2H,1H3/t22-,23-,24-,25+,26-,27+,30-,31+,32-,33?,35-,36?,37-,38+,40+,41+,42-,43+;20-,21-,22-,23+,24-,25+,26-,27+,28-,30?,32-,33?,34+,35-,37+,38+,39-,40+;/m11./s1. The Morgan fingerprint density at radius 1 is 0.496 bits per heavy atom. The molecule has 654 valence electrons. The first-order valence-corrected chi connectivity index (χ1v) is 41.2. The van der Waals surface area contributed by atoms with Gasteiger partial charge in [0.1, 0.15) is 59.1 Å². The van der Waals surface area contributed by atoms with Gasteiger partial charge in [-0.2, -0.15) is 0 Å². The van der Waals surface area contributed by atoms with E-state index in [2.05, 4.69) is 0 Å². The lowest BCUT2D eigenvalue weighted by atomic mass is 9.66. The van der Waals surface area contributed by atoms with Crippen LogP contribution in [0.2, 0.25) is 0 Å². The van der Waals surface area contributed by atoms with Crippen LogP contribution < -0.4 is 0 Å². The van der Waals surface area contributed by atoms with Crippen molar-refractivity contribution in [3.8, 4) is 0 Å². The zero-order valence-electron chi connectivity index (χ0n) is 73.7. The number of hydrogen-bond acceptors (Lipinski definition) is 29. The van der Waals surface area contributed by atoms with Gasteiger partial charge in [0.05, 0.1) is 83.9 Å². The first-order valence-electron chi connectivity index (χ1n) is 41.2. The number of ketones is 3. The largest absolute Gasteiger partial charge is 0.461 e. The van der Waals surface area contributed by atoms with Crippen LogP contribution in [0.1, 0.15) is 216 Å². The van der Waals surface area contributed by atoms with E-state index >= 15 is 0 Å². The number of Topliss-reactive ketones (excluding diaryl/α,β-unsaturated/α-hetero) is 3. The van der Waals surface area contributed by atoms with Crippen LogP contribution in [0, 0.1) is 64.6 Å². The molecule has 29 heteroatoms. The second kappa shape index (κ2) is 40.0. The summed E-state index contributed by atoms with van der Waals surface area (Å²) in [6.45, 7) is 38.2. The Morgan fingerprint density at radius 2 is 0.885 bits per heavy atom. The predicted octanol–water partition coefficient (Wildman–Crippen LogP) is 8.14. The Morgan fingerprint density at radius 3 is 1.28 bits per heavy atom. The molecule has 4 unspecified atom stereocenters. The minimum Gasteiger partial charge on any atom is -0.461 e. The highest BCUT2D eigenvalue weighted by molar-refractivity contribution is 5.88. The van der Waals surface area contributed by atoms with Crippen molar-refractivity contribution in [3.05, 3.63) is 0 Å². The highest BCUT2D eigenvalue weighted by Crippen LogP contribution is 2.53.